The third kappa shape index (κ3) is 5.61. The Morgan fingerprint density at radius 2 is 1.76 bits per heavy atom. The highest BCUT2D eigenvalue weighted by molar-refractivity contribution is 7.19. The minimum absolute atomic E-state index is 0.771. The molecular weight excluding hydrogens is 304 g/mol. The van der Waals surface area contributed by atoms with Gasteiger partial charge >= 0.3 is 0 Å². The van der Waals surface area contributed by atoms with Crippen molar-refractivity contribution in [2.45, 2.75) is 20.3 Å². The summed E-state index contributed by atoms with van der Waals surface area (Å²) in [5.41, 5.74) is 0. The van der Waals surface area contributed by atoms with Crippen molar-refractivity contribution < 1.29 is 27.4 Å². The van der Waals surface area contributed by atoms with E-state index in [4.69, 9.17) is 12.6 Å². The molecule has 0 aliphatic rings. The number of hydrogen-bond acceptors (Lipinski definition) is 3. The van der Waals surface area contributed by atoms with Crippen molar-refractivity contribution in [1.82, 2.24) is 0 Å². The van der Waals surface area contributed by atoms with Gasteiger partial charge in [0, 0.05) is 17.9 Å². The van der Waals surface area contributed by atoms with Crippen LogP contribution in [0.2, 0.25) is 0 Å². The van der Waals surface area contributed by atoms with Crippen molar-refractivity contribution >= 4 is 21.4 Å². The van der Waals surface area contributed by atoms with E-state index in [0.29, 0.717) is 0 Å². The Labute approximate surface area is 110 Å². The van der Waals surface area contributed by atoms with Gasteiger partial charge in [0.1, 0.15) is 4.88 Å². The zero-order valence-corrected chi connectivity index (χ0v) is 12.2. The molecule has 5 heteroatoms. The van der Waals surface area contributed by atoms with Gasteiger partial charge in [-0.1, -0.05) is 26.0 Å². The first-order chi connectivity index (χ1) is 7.99. The fourth-order valence-electron chi connectivity index (χ4n) is 1.60. The van der Waals surface area contributed by atoms with E-state index in [0.717, 1.165) is 5.92 Å². The fraction of sp³-hybridized carbons (Fsp3) is 0.333. The minimum Gasteiger partial charge on any atom is -0.405 e. The molecule has 94 valence electrons. The van der Waals surface area contributed by atoms with E-state index in [2.05, 4.69) is 44.2 Å². The van der Waals surface area contributed by atoms with E-state index >= 15 is 0 Å². The first kappa shape index (κ1) is 14.6. The highest BCUT2D eigenvalue weighted by Crippen LogP contribution is 2.26. The highest BCUT2D eigenvalue weighted by Gasteiger charge is 2.09. The largest absolute Gasteiger partial charge is 0.405 e. The van der Waals surface area contributed by atoms with Gasteiger partial charge in [-0.2, -0.15) is 0 Å². The second-order valence-corrected chi connectivity index (χ2v) is 6.17. The normalized spacial score (nSPS) is 10.8. The molecule has 17 heavy (non-hydrogen) atoms. The van der Waals surface area contributed by atoms with Gasteiger partial charge in [-0.05, 0) is 29.4 Å². The van der Waals surface area contributed by atoms with Crippen LogP contribution in [-0.2, 0) is 6.42 Å². The Bertz CT molecular complexity index is 418. The summed E-state index contributed by atoms with van der Waals surface area (Å²) in [5, 5.41) is 1.42. The van der Waals surface area contributed by atoms with Gasteiger partial charge in [0.05, 0.1) is 0 Å². The lowest BCUT2D eigenvalue weighted by molar-refractivity contribution is -1.73. The standard InChI is InChI=1S/C12H14S.BrO3/c1-9(2)7-11-8-10-5-3-4-6-12(10)13-11;2-1(3)4/h3-6,8-9H,7H2,1-2H3;/q;-1/p+1. The number of hydrogen-bond donors (Lipinski definition) is 0. The van der Waals surface area contributed by atoms with E-state index in [9.17, 15) is 0 Å². The molecule has 1 heterocycles. The number of halogens is 1. The lowest BCUT2D eigenvalue weighted by atomic mass is 10.1. The lowest BCUT2D eigenvalue weighted by Crippen LogP contribution is -2.42. The van der Waals surface area contributed by atoms with Crippen LogP contribution in [-0.4, -0.2) is 0 Å². The molecular formula is C12H15BrO3S. The Morgan fingerprint density at radius 1 is 1.18 bits per heavy atom. The van der Waals surface area contributed by atoms with Crippen LogP contribution < -0.4 is 12.6 Å². The first-order valence-electron chi connectivity index (χ1n) is 5.23. The summed E-state index contributed by atoms with van der Waals surface area (Å²) in [6, 6.07) is 11.0. The summed E-state index contributed by atoms with van der Waals surface area (Å²) in [6.45, 7) is 4.55. The Morgan fingerprint density at radius 3 is 2.29 bits per heavy atom. The molecule has 1 aromatic heterocycles. The minimum atomic E-state index is -3.65. The van der Waals surface area contributed by atoms with E-state index < -0.39 is 14.8 Å². The Balaban J connectivity index is 0.000000317. The van der Waals surface area contributed by atoms with Crippen molar-refractivity contribution in [3.63, 3.8) is 0 Å². The second-order valence-electron chi connectivity index (χ2n) is 4.09. The van der Waals surface area contributed by atoms with Gasteiger partial charge < -0.3 is 12.6 Å². The molecule has 0 radical (unpaired) electrons. The molecule has 0 atom stereocenters. The van der Waals surface area contributed by atoms with Crippen LogP contribution in [0, 0.1) is 20.7 Å². The molecule has 0 N–H and O–H groups in total. The summed E-state index contributed by atoms with van der Waals surface area (Å²) in [5.74, 6) is 0.771. The second kappa shape index (κ2) is 7.08. The Kier molecular flexibility index (Phi) is 6.08. The van der Waals surface area contributed by atoms with E-state index in [1.165, 1.54) is 27.8 Å². The van der Waals surface area contributed by atoms with Crippen LogP contribution >= 0.6 is 11.3 Å². The van der Waals surface area contributed by atoms with Crippen molar-refractivity contribution in [2.75, 3.05) is 0 Å². The monoisotopic (exact) mass is 318 g/mol. The molecule has 0 aliphatic heterocycles. The van der Waals surface area contributed by atoms with Crippen LogP contribution in [0.15, 0.2) is 30.3 Å². The molecule has 0 unspecified atom stereocenters. The zero-order chi connectivity index (χ0) is 12.8. The predicted molar refractivity (Wildman–Crippen MR) is 61.8 cm³/mol. The molecule has 0 saturated carbocycles. The molecule has 2 aromatic rings. The summed E-state index contributed by atoms with van der Waals surface area (Å²) < 4.78 is 27.0. The number of benzene rings is 1. The van der Waals surface area contributed by atoms with Crippen molar-refractivity contribution in [3.05, 3.63) is 35.2 Å². The molecule has 0 spiro atoms. The summed E-state index contributed by atoms with van der Waals surface area (Å²) in [7, 11) is 0. The number of fused-ring (bicyclic) bond motifs is 1. The van der Waals surface area contributed by atoms with Crippen LogP contribution in [0.3, 0.4) is 0 Å². The molecule has 3 nitrogen and oxygen atoms in total. The van der Waals surface area contributed by atoms with Gasteiger partial charge in [0.15, 0.2) is 4.70 Å². The third-order valence-corrected chi connectivity index (χ3v) is 3.39. The van der Waals surface area contributed by atoms with Crippen LogP contribution in [0.4, 0.5) is 0 Å². The molecule has 0 aliphatic carbocycles. The van der Waals surface area contributed by atoms with E-state index in [-0.39, 0.29) is 0 Å². The summed E-state index contributed by atoms with van der Waals surface area (Å²) in [4.78, 5) is 1.57. The lowest BCUT2D eigenvalue weighted by Gasteiger charge is -1.94. The van der Waals surface area contributed by atoms with Crippen LogP contribution in [0.5, 0.6) is 0 Å². The zero-order valence-electron chi connectivity index (χ0n) is 9.72. The summed E-state index contributed by atoms with van der Waals surface area (Å²) in [6.07, 6.45) is 1.23. The third-order valence-electron chi connectivity index (χ3n) is 2.14. The van der Waals surface area contributed by atoms with Gasteiger partial charge in [-0.25, -0.2) is 0 Å². The molecule has 0 saturated heterocycles. The fourth-order valence-corrected chi connectivity index (χ4v) is 3.00. The number of rotatable bonds is 2. The smallest absolute Gasteiger partial charge is 0.216 e. The van der Waals surface area contributed by atoms with Crippen LogP contribution in [0.1, 0.15) is 18.7 Å². The van der Waals surface area contributed by atoms with Crippen LogP contribution in [0.25, 0.3) is 10.1 Å². The topological polar surface area (TPSA) is 69.2 Å². The van der Waals surface area contributed by atoms with Gasteiger partial charge in [-0.15, -0.1) is 0 Å². The maximum absolute atomic E-state index is 8.52. The van der Waals surface area contributed by atoms with Gasteiger partial charge in [0.25, 0.3) is 0 Å². The SMILES string of the molecule is CC(C)Cc1cc2ccccc2[sH+]1.[O-][Br+2]([O-])[O-]. The average molecular weight is 319 g/mol. The van der Waals surface area contributed by atoms with Crippen molar-refractivity contribution in [3.8, 4) is 0 Å². The van der Waals surface area contributed by atoms with Crippen molar-refractivity contribution in [1.29, 1.82) is 0 Å². The highest BCUT2D eigenvalue weighted by atomic mass is 80.0. The Hall–Kier alpha value is -0.460. The first-order valence-corrected chi connectivity index (χ1v) is 8.07. The van der Waals surface area contributed by atoms with E-state index in [1.807, 2.05) is 0 Å². The molecule has 0 fully saturated rings. The number of thiophene rings is 1. The predicted octanol–water partition coefficient (Wildman–Crippen LogP) is 0.265. The molecule has 2 rings (SSSR count). The van der Waals surface area contributed by atoms with Crippen molar-refractivity contribution in [2.24, 2.45) is 5.92 Å². The average Bonchev–Trinajstić information content (AvgIpc) is 2.57. The van der Waals surface area contributed by atoms with Gasteiger partial charge in [0.2, 0.25) is 14.8 Å². The summed E-state index contributed by atoms with van der Waals surface area (Å²) >= 11 is -2.22. The maximum Gasteiger partial charge on any atom is 0.216 e. The molecule has 1 aromatic carbocycles. The molecule has 0 bridgehead atoms. The quantitative estimate of drug-likeness (QED) is 0.746. The van der Waals surface area contributed by atoms with Gasteiger partial charge in [-0.3, -0.25) is 0 Å². The maximum atomic E-state index is 8.52. The van der Waals surface area contributed by atoms with E-state index in [1.54, 1.807) is 4.88 Å². The molecule has 0 amide bonds.